The van der Waals surface area contributed by atoms with Crippen molar-refractivity contribution in [3.8, 4) is 0 Å². The first-order valence-corrected chi connectivity index (χ1v) is 4.26. The van der Waals surface area contributed by atoms with E-state index in [1.807, 2.05) is 0 Å². The molecule has 0 aliphatic rings. The maximum atomic E-state index is 10.8. The molecule has 0 fully saturated rings. The molecule has 0 aromatic carbocycles. The van der Waals surface area contributed by atoms with E-state index < -0.39 is 5.97 Å². The SMILES string of the molecule is C/C=C\c1c(N)cc(Cl)nc1C(=O)O. The van der Waals surface area contributed by atoms with Crippen molar-refractivity contribution in [2.45, 2.75) is 6.92 Å². The van der Waals surface area contributed by atoms with E-state index in [0.29, 0.717) is 11.3 Å². The molecule has 1 aromatic heterocycles. The Balaban J connectivity index is 3.44. The van der Waals surface area contributed by atoms with E-state index in [9.17, 15) is 4.79 Å². The highest BCUT2D eigenvalue weighted by atomic mass is 35.5. The number of allylic oxidation sites excluding steroid dienone is 1. The number of carboxylic acid groups (broad SMARTS) is 1. The molecule has 1 rings (SSSR count). The normalized spacial score (nSPS) is 10.7. The molecule has 3 N–H and O–H groups in total. The van der Waals surface area contributed by atoms with E-state index in [2.05, 4.69) is 4.98 Å². The lowest BCUT2D eigenvalue weighted by Gasteiger charge is -2.04. The number of carboxylic acids is 1. The third kappa shape index (κ3) is 2.03. The number of nitrogens with two attached hydrogens (primary N) is 1. The molecule has 74 valence electrons. The summed E-state index contributed by atoms with van der Waals surface area (Å²) in [5.41, 5.74) is 6.16. The Morgan fingerprint density at radius 3 is 2.86 bits per heavy atom. The van der Waals surface area contributed by atoms with Crippen molar-refractivity contribution >= 4 is 29.3 Å². The standard InChI is InChI=1S/C9H9ClN2O2/c1-2-3-5-6(11)4-7(10)12-8(5)9(13)14/h2-4H,1H3,(H2,11,12)(H,13,14)/b3-2-. The Bertz CT molecular complexity index is 402. The molecule has 0 atom stereocenters. The zero-order chi connectivity index (χ0) is 10.7. The van der Waals surface area contributed by atoms with E-state index in [4.69, 9.17) is 22.4 Å². The van der Waals surface area contributed by atoms with Crippen LogP contribution in [0, 0.1) is 0 Å². The Morgan fingerprint density at radius 1 is 1.71 bits per heavy atom. The van der Waals surface area contributed by atoms with Gasteiger partial charge in [0, 0.05) is 11.3 Å². The molecule has 4 nitrogen and oxygen atoms in total. The summed E-state index contributed by atoms with van der Waals surface area (Å²) in [5.74, 6) is -1.15. The summed E-state index contributed by atoms with van der Waals surface area (Å²) in [5, 5.41) is 8.91. The van der Waals surface area contributed by atoms with Gasteiger partial charge in [0.15, 0.2) is 5.69 Å². The van der Waals surface area contributed by atoms with Gasteiger partial charge in [0.1, 0.15) is 5.15 Å². The van der Waals surface area contributed by atoms with E-state index in [0.717, 1.165) is 0 Å². The number of nitrogens with zero attached hydrogens (tertiary/aromatic N) is 1. The number of hydrogen-bond acceptors (Lipinski definition) is 3. The van der Waals surface area contributed by atoms with Crippen LogP contribution in [0.5, 0.6) is 0 Å². The van der Waals surface area contributed by atoms with Gasteiger partial charge >= 0.3 is 5.97 Å². The second-order valence-corrected chi connectivity index (χ2v) is 2.99. The Labute approximate surface area is 86.0 Å². The van der Waals surface area contributed by atoms with Gasteiger partial charge in [0.05, 0.1) is 0 Å². The van der Waals surface area contributed by atoms with Crippen molar-refractivity contribution in [2.75, 3.05) is 5.73 Å². The van der Waals surface area contributed by atoms with Gasteiger partial charge in [-0.15, -0.1) is 0 Å². The number of rotatable bonds is 2. The third-order valence-electron chi connectivity index (χ3n) is 1.60. The first-order chi connectivity index (χ1) is 6.56. The average Bonchev–Trinajstić information content (AvgIpc) is 2.09. The number of carbonyl (C=O) groups is 1. The number of hydrogen-bond donors (Lipinski definition) is 2. The summed E-state index contributed by atoms with van der Waals surface area (Å²) in [6, 6.07) is 1.42. The van der Waals surface area contributed by atoms with Crippen LogP contribution in [0.25, 0.3) is 6.08 Å². The van der Waals surface area contributed by atoms with E-state index in [1.54, 1.807) is 19.1 Å². The van der Waals surface area contributed by atoms with Crippen LogP contribution in [0.15, 0.2) is 12.1 Å². The minimum Gasteiger partial charge on any atom is -0.476 e. The topological polar surface area (TPSA) is 76.2 Å². The van der Waals surface area contributed by atoms with Crippen LogP contribution in [0.1, 0.15) is 23.0 Å². The zero-order valence-corrected chi connectivity index (χ0v) is 8.25. The van der Waals surface area contributed by atoms with Crippen LogP contribution in [-0.4, -0.2) is 16.1 Å². The van der Waals surface area contributed by atoms with E-state index >= 15 is 0 Å². The first-order valence-electron chi connectivity index (χ1n) is 3.88. The second kappa shape index (κ2) is 4.11. The minimum atomic E-state index is -1.15. The molecule has 0 unspecified atom stereocenters. The molecule has 0 saturated heterocycles. The van der Waals surface area contributed by atoms with Crippen molar-refractivity contribution in [3.05, 3.63) is 28.6 Å². The Hall–Kier alpha value is -1.55. The largest absolute Gasteiger partial charge is 0.476 e. The summed E-state index contributed by atoms with van der Waals surface area (Å²) < 4.78 is 0. The lowest BCUT2D eigenvalue weighted by atomic mass is 10.1. The van der Waals surface area contributed by atoms with Crippen molar-refractivity contribution in [1.29, 1.82) is 0 Å². The Kier molecular flexibility index (Phi) is 3.09. The fraction of sp³-hybridized carbons (Fsp3) is 0.111. The highest BCUT2D eigenvalue weighted by Gasteiger charge is 2.13. The van der Waals surface area contributed by atoms with Gasteiger partial charge in [0.2, 0.25) is 0 Å². The monoisotopic (exact) mass is 212 g/mol. The van der Waals surface area contributed by atoms with E-state index in [-0.39, 0.29) is 10.8 Å². The summed E-state index contributed by atoms with van der Waals surface area (Å²) in [6.45, 7) is 1.76. The van der Waals surface area contributed by atoms with Gasteiger partial charge < -0.3 is 10.8 Å². The smallest absolute Gasteiger partial charge is 0.355 e. The molecular formula is C9H9ClN2O2. The molecule has 0 amide bonds. The molecule has 0 bridgehead atoms. The molecule has 0 aliphatic heterocycles. The van der Waals surface area contributed by atoms with Crippen LogP contribution in [-0.2, 0) is 0 Å². The van der Waals surface area contributed by atoms with Gasteiger partial charge in [-0.25, -0.2) is 9.78 Å². The van der Waals surface area contributed by atoms with Gasteiger partial charge in [-0.1, -0.05) is 23.8 Å². The molecule has 0 spiro atoms. The molecule has 0 aliphatic carbocycles. The number of pyridine rings is 1. The molecule has 5 heteroatoms. The molecular weight excluding hydrogens is 204 g/mol. The number of aromatic nitrogens is 1. The summed E-state index contributed by atoms with van der Waals surface area (Å²) in [6.07, 6.45) is 3.27. The average molecular weight is 213 g/mol. The number of halogens is 1. The highest BCUT2D eigenvalue weighted by molar-refractivity contribution is 6.30. The fourth-order valence-corrected chi connectivity index (χ4v) is 1.25. The summed E-state index contributed by atoms with van der Waals surface area (Å²) in [7, 11) is 0. The third-order valence-corrected chi connectivity index (χ3v) is 1.79. The molecule has 0 radical (unpaired) electrons. The molecule has 14 heavy (non-hydrogen) atoms. The molecule has 1 aromatic rings. The predicted octanol–water partition coefficient (Wildman–Crippen LogP) is 2.05. The van der Waals surface area contributed by atoms with Gasteiger partial charge in [0.25, 0.3) is 0 Å². The first kappa shape index (κ1) is 10.5. The maximum absolute atomic E-state index is 10.8. The lowest BCUT2D eigenvalue weighted by molar-refractivity contribution is 0.0690. The second-order valence-electron chi connectivity index (χ2n) is 2.60. The minimum absolute atomic E-state index is 0.0770. The van der Waals surface area contributed by atoms with Crippen LogP contribution < -0.4 is 5.73 Å². The van der Waals surface area contributed by atoms with Crippen molar-refractivity contribution in [2.24, 2.45) is 0 Å². The van der Waals surface area contributed by atoms with Crippen LogP contribution in [0.3, 0.4) is 0 Å². The van der Waals surface area contributed by atoms with Crippen LogP contribution >= 0.6 is 11.6 Å². The predicted molar refractivity (Wildman–Crippen MR) is 55.3 cm³/mol. The number of nitrogen functional groups attached to an aromatic ring is 1. The van der Waals surface area contributed by atoms with Crippen molar-refractivity contribution < 1.29 is 9.90 Å². The fourth-order valence-electron chi connectivity index (χ4n) is 1.05. The van der Waals surface area contributed by atoms with Crippen LogP contribution in [0.2, 0.25) is 5.15 Å². The number of aromatic carboxylic acids is 1. The number of anilines is 1. The Morgan fingerprint density at radius 2 is 2.36 bits per heavy atom. The summed E-state index contributed by atoms with van der Waals surface area (Å²) in [4.78, 5) is 14.5. The van der Waals surface area contributed by atoms with E-state index in [1.165, 1.54) is 6.07 Å². The van der Waals surface area contributed by atoms with Crippen molar-refractivity contribution in [3.63, 3.8) is 0 Å². The van der Waals surface area contributed by atoms with Gasteiger partial charge in [-0.2, -0.15) is 0 Å². The maximum Gasteiger partial charge on any atom is 0.355 e. The highest BCUT2D eigenvalue weighted by Crippen LogP contribution is 2.21. The van der Waals surface area contributed by atoms with Gasteiger partial charge in [-0.05, 0) is 13.0 Å². The molecule has 0 saturated carbocycles. The lowest BCUT2D eigenvalue weighted by Crippen LogP contribution is -2.06. The van der Waals surface area contributed by atoms with Crippen LogP contribution in [0.4, 0.5) is 5.69 Å². The summed E-state index contributed by atoms with van der Waals surface area (Å²) >= 11 is 5.59. The quantitative estimate of drug-likeness (QED) is 0.736. The van der Waals surface area contributed by atoms with Crippen molar-refractivity contribution in [1.82, 2.24) is 4.98 Å². The zero-order valence-electron chi connectivity index (χ0n) is 7.49. The van der Waals surface area contributed by atoms with Gasteiger partial charge in [-0.3, -0.25) is 0 Å². The molecule has 1 heterocycles.